The van der Waals surface area contributed by atoms with Crippen molar-refractivity contribution in [2.45, 2.75) is 25.2 Å². The first-order valence-corrected chi connectivity index (χ1v) is 9.26. The van der Waals surface area contributed by atoms with Gasteiger partial charge in [-0.05, 0) is 78.3 Å². The lowest BCUT2D eigenvalue weighted by molar-refractivity contribution is 0.581. The summed E-state index contributed by atoms with van der Waals surface area (Å²) in [6, 6.07) is 13.1. The van der Waals surface area contributed by atoms with Gasteiger partial charge in [-0.2, -0.15) is 0 Å². The average Bonchev–Trinajstić information content (AvgIpc) is 2.41. The van der Waals surface area contributed by atoms with E-state index >= 15 is 0 Å². The fourth-order valence-electron chi connectivity index (χ4n) is 2.14. The molecule has 21 heavy (non-hydrogen) atoms. The maximum Gasteiger partial charge on any atom is 0.240 e. The summed E-state index contributed by atoms with van der Waals surface area (Å²) < 4.78 is 28.0. The van der Waals surface area contributed by atoms with Crippen LogP contribution in [0.3, 0.4) is 0 Å². The Morgan fingerprint density at radius 3 is 2.33 bits per heavy atom. The summed E-state index contributed by atoms with van der Waals surface area (Å²) in [5, 5.41) is 0. The average molecular weight is 415 g/mol. The summed E-state index contributed by atoms with van der Waals surface area (Å²) in [5.74, 6) is 0. The third kappa shape index (κ3) is 4.52. The van der Waals surface area contributed by atoms with E-state index in [-0.39, 0.29) is 0 Å². The van der Waals surface area contributed by atoms with E-state index in [4.69, 9.17) is 0 Å². The van der Waals surface area contributed by atoms with Crippen molar-refractivity contribution in [2.24, 2.45) is 0 Å². The van der Waals surface area contributed by atoms with Crippen LogP contribution in [0.2, 0.25) is 0 Å². The molecule has 0 fully saturated rings. The minimum Gasteiger partial charge on any atom is -0.211 e. The quantitative estimate of drug-likeness (QED) is 0.761. The molecule has 1 N–H and O–H groups in total. The van der Waals surface area contributed by atoms with Crippen LogP contribution in [0.1, 0.15) is 16.7 Å². The number of benzene rings is 2. The van der Waals surface area contributed by atoms with Crippen LogP contribution in [0.15, 0.2) is 47.4 Å². The predicted octanol–water partition coefficient (Wildman–Crippen LogP) is 3.43. The Balaban J connectivity index is 2.00. The van der Waals surface area contributed by atoms with Crippen molar-refractivity contribution < 1.29 is 8.42 Å². The van der Waals surface area contributed by atoms with Crippen molar-refractivity contribution in [3.8, 4) is 0 Å². The molecule has 0 aliphatic heterocycles. The van der Waals surface area contributed by atoms with Gasteiger partial charge < -0.3 is 0 Å². The molecule has 0 amide bonds. The van der Waals surface area contributed by atoms with Gasteiger partial charge in [0, 0.05) is 10.1 Å². The van der Waals surface area contributed by atoms with Gasteiger partial charge in [-0.15, -0.1) is 0 Å². The van der Waals surface area contributed by atoms with Crippen molar-refractivity contribution in [1.82, 2.24) is 4.72 Å². The summed E-state index contributed by atoms with van der Waals surface area (Å²) in [7, 11) is -3.42. The Bertz CT molecular complexity index is 724. The SMILES string of the molecule is Cc1ccc(CCNS(=O)(=O)c2ccc(I)cc2)c(C)c1. The van der Waals surface area contributed by atoms with E-state index in [1.807, 2.05) is 0 Å². The van der Waals surface area contributed by atoms with Crippen LogP contribution < -0.4 is 4.72 Å². The molecule has 0 atom stereocenters. The third-order valence-corrected chi connectivity index (χ3v) is 5.50. The maximum atomic E-state index is 12.2. The minimum absolute atomic E-state index is 0.309. The molecule has 0 spiro atoms. The van der Waals surface area contributed by atoms with E-state index in [0.717, 1.165) is 3.57 Å². The van der Waals surface area contributed by atoms with Gasteiger partial charge in [0.15, 0.2) is 0 Å². The second-order valence-electron chi connectivity index (χ2n) is 5.03. The van der Waals surface area contributed by atoms with E-state index in [2.05, 4.69) is 59.4 Å². The molecule has 0 aromatic heterocycles. The van der Waals surface area contributed by atoms with Gasteiger partial charge in [-0.25, -0.2) is 13.1 Å². The van der Waals surface area contributed by atoms with Gasteiger partial charge in [0.25, 0.3) is 0 Å². The van der Waals surface area contributed by atoms with Crippen LogP contribution in [0.4, 0.5) is 0 Å². The molecular weight excluding hydrogens is 397 g/mol. The molecular formula is C16H18INO2S. The number of halogens is 1. The third-order valence-electron chi connectivity index (χ3n) is 3.31. The number of sulfonamides is 1. The Morgan fingerprint density at radius 2 is 1.71 bits per heavy atom. The molecule has 0 radical (unpaired) electrons. The van der Waals surface area contributed by atoms with Crippen LogP contribution in [0.25, 0.3) is 0 Å². The smallest absolute Gasteiger partial charge is 0.211 e. The first-order valence-electron chi connectivity index (χ1n) is 6.70. The van der Waals surface area contributed by atoms with E-state index < -0.39 is 10.0 Å². The van der Waals surface area contributed by atoms with Gasteiger partial charge in [-0.3, -0.25) is 0 Å². The van der Waals surface area contributed by atoms with Gasteiger partial charge in [0.1, 0.15) is 0 Å². The highest BCUT2D eigenvalue weighted by atomic mass is 127. The van der Waals surface area contributed by atoms with Crippen LogP contribution in [-0.4, -0.2) is 15.0 Å². The second-order valence-corrected chi connectivity index (χ2v) is 8.04. The summed E-state index contributed by atoms with van der Waals surface area (Å²) in [4.78, 5) is 0.309. The van der Waals surface area contributed by atoms with E-state index in [9.17, 15) is 8.42 Å². The second kappa shape index (κ2) is 6.89. The summed E-state index contributed by atoms with van der Waals surface area (Å²) in [6.07, 6.45) is 0.690. The standard InChI is InChI=1S/C16H18INO2S/c1-12-3-4-14(13(2)11-12)9-10-18-21(19,20)16-7-5-15(17)6-8-16/h3-8,11,18H,9-10H2,1-2H3. The number of hydrogen-bond donors (Lipinski definition) is 1. The molecule has 0 bridgehead atoms. The van der Waals surface area contributed by atoms with Gasteiger partial charge >= 0.3 is 0 Å². The molecule has 3 nitrogen and oxygen atoms in total. The lowest BCUT2D eigenvalue weighted by atomic mass is 10.0. The van der Waals surface area contributed by atoms with Crippen molar-refractivity contribution in [3.05, 3.63) is 62.7 Å². The van der Waals surface area contributed by atoms with Gasteiger partial charge in [0.2, 0.25) is 10.0 Å². The van der Waals surface area contributed by atoms with Gasteiger partial charge in [-0.1, -0.05) is 23.8 Å². The largest absolute Gasteiger partial charge is 0.240 e. The predicted molar refractivity (Wildman–Crippen MR) is 94.0 cm³/mol. The highest BCUT2D eigenvalue weighted by molar-refractivity contribution is 14.1. The lowest BCUT2D eigenvalue weighted by Crippen LogP contribution is -2.26. The summed E-state index contributed by atoms with van der Waals surface area (Å²) in [6.45, 7) is 4.50. The molecule has 112 valence electrons. The monoisotopic (exact) mass is 415 g/mol. The maximum absolute atomic E-state index is 12.2. The fraction of sp³-hybridized carbons (Fsp3) is 0.250. The molecule has 5 heteroatoms. The van der Waals surface area contributed by atoms with E-state index in [1.54, 1.807) is 24.3 Å². The molecule has 0 unspecified atom stereocenters. The zero-order valence-corrected chi connectivity index (χ0v) is 15.0. The lowest BCUT2D eigenvalue weighted by Gasteiger charge is -2.09. The van der Waals surface area contributed by atoms with Crippen LogP contribution in [-0.2, 0) is 16.4 Å². The van der Waals surface area contributed by atoms with Crippen LogP contribution in [0, 0.1) is 17.4 Å². The Morgan fingerprint density at radius 1 is 1.05 bits per heavy atom. The number of hydrogen-bond acceptors (Lipinski definition) is 2. The molecule has 2 aromatic carbocycles. The number of rotatable bonds is 5. The molecule has 0 heterocycles. The highest BCUT2D eigenvalue weighted by Gasteiger charge is 2.13. The van der Waals surface area contributed by atoms with Gasteiger partial charge in [0.05, 0.1) is 4.90 Å². The zero-order valence-electron chi connectivity index (χ0n) is 12.1. The number of nitrogens with one attached hydrogen (secondary N) is 1. The Kier molecular flexibility index (Phi) is 5.40. The molecule has 2 rings (SSSR count). The molecule has 0 aliphatic rings. The Labute approximate surface area is 140 Å². The molecule has 0 aliphatic carbocycles. The van der Waals surface area contributed by atoms with E-state index in [0.29, 0.717) is 17.9 Å². The van der Waals surface area contributed by atoms with Crippen molar-refractivity contribution >= 4 is 32.6 Å². The molecule has 2 aromatic rings. The minimum atomic E-state index is -3.42. The summed E-state index contributed by atoms with van der Waals surface area (Å²) in [5.41, 5.74) is 3.59. The number of aryl methyl sites for hydroxylation is 2. The molecule has 0 saturated carbocycles. The first-order chi connectivity index (χ1) is 9.88. The first kappa shape index (κ1) is 16.5. The van der Waals surface area contributed by atoms with E-state index in [1.165, 1.54) is 16.7 Å². The van der Waals surface area contributed by atoms with Crippen molar-refractivity contribution in [1.29, 1.82) is 0 Å². The van der Waals surface area contributed by atoms with Crippen molar-refractivity contribution in [2.75, 3.05) is 6.54 Å². The normalized spacial score (nSPS) is 11.6. The van der Waals surface area contributed by atoms with Crippen LogP contribution >= 0.6 is 22.6 Å². The summed E-state index contributed by atoms with van der Waals surface area (Å²) >= 11 is 2.15. The van der Waals surface area contributed by atoms with Crippen molar-refractivity contribution in [3.63, 3.8) is 0 Å². The topological polar surface area (TPSA) is 46.2 Å². The highest BCUT2D eigenvalue weighted by Crippen LogP contribution is 2.13. The fourth-order valence-corrected chi connectivity index (χ4v) is 3.53. The van der Waals surface area contributed by atoms with Crippen LogP contribution in [0.5, 0.6) is 0 Å². The Hall–Kier alpha value is -0.920. The molecule has 0 saturated heterocycles. The zero-order chi connectivity index (χ0) is 15.5.